The van der Waals surface area contributed by atoms with Crippen molar-refractivity contribution in [1.82, 2.24) is 10.2 Å². The predicted octanol–water partition coefficient (Wildman–Crippen LogP) is 2.20. The maximum atomic E-state index is 3.48. The summed E-state index contributed by atoms with van der Waals surface area (Å²) in [5.41, 5.74) is 0. The number of halogens is 1. The molecule has 0 aliphatic rings. The topological polar surface area (TPSA) is 15.3 Å². The average molecular weight is 277 g/mol. The molecule has 14 heavy (non-hydrogen) atoms. The molecule has 0 radical (unpaired) electrons. The molecule has 1 rings (SSSR count). The van der Waals surface area contributed by atoms with Gasteiger partial charge in [-0.3, -0.25) is 0 Å². The third kappa shape index (κ3) is 4.09. The molecule has 0 saturated carbocycles. The number of hydrogen-bond donors (Lipinski definition) is 1. The summed E-state index contributed by atoms with van der Waals surface area (Å²) in [5.74, 6) is 0. The molecule has 1 atom stereocenters. The van der Waals surface area contributed by atoms with Crippen molar-refractivity contribution in [3.63, 3.8) is 0 Å². The van der Waals surface area contributed by atoms with Crippen LogP contribution in [-0.2, 0) is 6.42 Å². The van der Waals surface area contributed by atoms with Crippen LogP contribution in [0.1, 0.15) is 4.88 Å². The number of rotatable bonds is 5. The molecule has 80 valence electrons. The number of nitrogens with one attached hydrogen (secondary N) is 1. The summed E-state index contributed by atoms with van der Waals surface area (Å²) in [4.78, 5) is 3.64. The average Bonchev–Trinajstić information content (AvgIpc) is 2.49. The van der Waals surface area contributed by atoms with Crippen LogP contribution in [0.4, 0.5) is 0 Å². The second-order valence-electron chi connectivity index (χ2n) is 3.66. The van der Waals surface area contributed by atoms with E-state index >= 15 is 0 Å². The van der Waals surface area contributed by atoms with Crippen LogP contribution in [0, 0.1) is 0 Å². The van der Waals surface area contributed by atoms with E-state index in [0.29, 0.717) is 6.04 Å². The van der Waals surface area contributed by atoms with Crippen molar-refractivity contribution >= 4 is 27.3 Å². The molecular weight excluding hydrogens is 260 g/mol. The maximum Gasteiger partial charge on any atom is 0.0701 e. The molecule has 2 nitrogen and oxygen atoms in total. The van der Waals surface area contributed by atoms with Crippen LogP contribution in [-0.4, -0.2) is 38.6 Å². The summed E-state index contributed by atoms with van der Waals surface area (Å²) < 4.78 is 1.22. The van der Waals surface area contributed by atoms with Gasteiger partial charge in [-0.05, 0) is 55.6 Å². The van der Waals surface area contributed by atoms with E-state index in [9.17, 15) is 0 Å². The summed E-state index contributed by atoms with van der Waals surface area (Å²) in [7, 11) is 6.24. The minimum absolute atomic E-state index is 0.538. The van der Waals surface area contributed by atoms with Gasteiger partial charge in [0.1, 0.15) is 0 Å². The van der Waals surface area contributed by atoms with Crippen molar-refractivity contribution in [3.8, 4) is 0 Å². The molecule has 1 aromatic heterocycles. The van der Waals surface area contributed by atoms with Gasteiger partial charge in [0.05, 0.1) is 3.79 Å². The molecule has 0 fully saturated rings. The van der Waals surface area contributed by atoms with Crippen molar-refractivity contribution in [3.05, 3.63) is 20.8 Å². The highest BCUT2D eigenvalue weighted by molar-refractivity contribution is 9.11. The van der Waals surface area contributed by atoms with Crippen LogP contribution >= 0.6 is 27.3 Å². The first-order valence-electron chi connectivity index (χ1n) is 4.68. The van der Waals surface area contributed by atoms with Gasteiger partial charge in [0, 0.05) is 17.5 Å². The molecule has 0 aromatic carbocycles. The summed E-state index contributed by atoms with van der Waals surface area (Å²) in [6.07, 6.45) is 1.10. The lowest BCUT2D eigenvalue weighted by Crippen LogP contribution is -2.37. The van der Waals surface area contributed by atoms with E-state index in [1.807, 2.05) is 18.4 Å². The third-order valence-corrected chi connectivity index (χ3v) is 3.72. The standard InChI is InChI=1S/C10H17BrN2S/c1-12-8(7-13(2)3)6-9-4-5-10(11)14-9/h4-5,8,12H,6-7H2,1-3H3. The van der Waals surface area contributed by atoms with Crippen molar-refractivity contribution < 1.29 is 0 Å². The molecule has 0 spiro atoms. The Morgan fingerprint density at radius 2 is 2.21 bits per heavy atom. The van der Waals surface area contributed by atoms with Gasteiger partial charge in [0.25, 0.3) is 0 Å². The van der Waals surface area contributed by atoms with Gasteiger partial charge in [-0.25, -0.2) is 0 Å². The molecule has 1 aromatic rings. The molecule has 0 saturated heterocycles. The molecule has 1 N–H and O–H groups in total. The van der Waals surface area contributed by atoms with E-state index in [2.05, 4.69) is 52.4 Å². The van der Waals surface area contributed by atoms with Gasteiger partial charge in [-0.15, -0.1) is 11.3 Å². The molecule has 0 aliphatic heterocycles. The largest absolute Gasteiger partial charge is 0.315 e. The van der Waals surface area contributed by atoms with E-state index < -0.39 is 0 Å². The quantitative estimate of drug-likeness (QED) is 0.887. The van der Waals surface area contributed by atoms with Gasteiger partial charge in [-0.1, -0.05) is 0 Å². The molecular formula is C10H17BrN2S. The van der Waals surface area contributed by atoms with Gasteiger partial charge < -0.3 is 10.2 Å². The van der Waals surface area contributed by atoms with Crippen LogP contribution in [0.25, 0.3) is 0 Å². The van der Waals surface area contributed by atoms with Crippen LogP contribution in [0.5, 0.6) is 0 Å². The van der Waals surface area contributed by atoms with E-state index in [-0.39, 0.29) is 0 Å². The fourth-order valence-electron chi connectivity index (χ4n) is 1.40. The van der Waals surface area contributed by atoms with Gasteiger partial charge in [-0.2, -0.15) is 0 Å². The Kier molecular flexibility index (Phi) is 5.09. The Morgan fingerprint density at radius 3 is 2.64 bits per heavy atom. The van der Waals surface area contributed by atoms with Crippen LogP contribution < -0.4 is 5.32 Å². The van der Waals surface area contributed by atoms with E-state index in [1.54, 1.807) is 0 Å². The van der Waals surface area contributed by atoms with Gasteiger partial charge in [0.2, 0.25) is 0 Å². The molecule has 0 amide bonds. The first kappa shape index (κ1) is 12.2. The predicted molar refractivity (Wildman–Crippen MR) is 67.1 cm³/mol. The van der Waals surface area contributed by atoms with E-state index in [1.165, 1.54) is 8.66 Å². The monoisotopic (exact) mass is 276 g/mol. The minimum atomic E-state index is 0.538. The highest BCUT2D eigenvalue weighted by atomic mass is 79.9. The van der Waals surface area contributed by atoms with Crippen molar-refractivity contribution in [2.75, 3.05) is 27.7 Å². The second kappa shape index (κ2) is 5.85. The first-order chi connectivity index (χ1) is 6.61. The Balaban J connectivity index is 2.48. The lowest BCUT2D eigenvalue weighted by molar-refractivity contribution is 0.347. The second-order valence-corrected chi connectivity index (χ2v) is 6.21. The molecule has 1 heterocycles. The lowest BCUT2D eigenvalue weighted by Gasteiger charge is -2.19. The Hall–Kier alpha value is 0.1000. The van der Waals surface area contributed by atoms with Crippen molar-refractivity contribution in [2.24, 2.45) is 0 Å². The number of thiophene rings is 1. The summed E-state index contributed by atoms with van der Waals surface area (Å²) >= 11 is 5.30. The highest BCUT2D eigenvalue weighted by Gasteiger charge is 2.09. The summed E-state index contributed by atoms with van der Waals surface area (Å²) in [6, 6.07) is 4.84. The van der Waals surface area contributed by atoms with Crippen molar-refractivity contribution in [2.45, 2.75) is 12.5 Å². The molecule has 4 heteroatoms. The zero-order chi connectivity index (χ0) is 10.6. The fraction of sp³-hybridized carbons (Fsp3) is 0.600. The zero-order valence-corrected chi connectivity index (χ0v) is 11.3. The summed E-state index contributed by atoms with van der Waals surface area (Å²) in [6.45, 7) is 1.08. The number of likely N-dealkylation sites (N-methyl/N-ethyl adjacent to an activating group) is 2. The van der Waals surface area contributed by atoms with E-state index in [4.69, 9.17) is 0 Å². The molecule has 1 unspecified atom stereocenters. The molecule has 0 aliphatic carbocycles. The van der Waals surface area contributed by atoms with Crippen LogP contribution in [0.3, 0.4) is 0 Å². The van der Waals surface area contributed by atoms with Gasteiger partial charge >= 0.3 is 0 Å². The highest BCUT2D eigenvalue weighted by Crippen LogP contribution is 2.23. The summed E-state index contributed by atoms with van der Waals surface area (Å²) in [5, 5.41) is 3.34. The van der Waals surface area contributed by atoms with E-state index in [0.717, 1.165) is 13.0 Å². The fourth-order valence-corrected chi connectivity index (χ4v) is 2.97. The van der Waals surface area contributed by atoms with Gasteiger partial charge in [0.15, 0.2) is 0 Å². The Morgan fingerprint density at radius 1 is 1.50 bits per heavy atom. The first-order valence-corrected chi connectivity index (χ1v) is 6.29. The Labute approximate surface area is 98.4 Å². The third-order valence-electron chi connectivity index (χ3n) is 2.07. The number of nitrogens with zero attached hydrogens (tertiary/aromatic N) is 1. The molecule has 0 bridgehead atoms. The zero-order valence-electron chi connectivity index (χ0n) is 8.88. The Bertz CT molecular complexity index is 273. The van der Waals surface area contributed by atoms with Crippen LogP contribution in [0.15, 0.2) is 15.9 Å². The lowest BCUT2D eigenvalue weighted by atomic mass is 10.2. The maximum absolute atomic E-state index is 3.48. The normalized spacial score (nSPS) is 13.5. The number of hydrogen-bond acceptors (Lipinski definition) is 3. The SMILES string of the molecule is CNC(Cc1ccc(Br)s1)CN(C)C. The smallest absolute Gasteiger partial charge is 0.0701 e. The van der Waals surface area contributed by atoms with Crippen molar-refractivity contribution in [1.29, 1.82) is 0 Å². The minimum Gasteiger partial charge on any atom is -0.315 e. The van der Waals surface area contributed by atoms with Crippen LogP contribution in [0.2, 0.25) is 0 Å².